The molecular weight excluding hydrogens is 609 g/mol. The molecule has 2 amide bonds. The van der Waals surface area contributed by atoms with Crippen LogP contribution in [0.1, 0.15) is 90.3 Å². The number of carbonyl (C=O) groups is 3. The Kier molecular flexibility index (Phi) is 13.4. The molecule has 250 valence electrons. The quantitative estimate of drug-likeness (QED) is 0.174. The number of aldehydes is 1. The number of carbonyl (C=O) groups excluding carboxylic acids is 3. The molecule has 0 bridgehead atoms. The van der Waals surface area contributed by atoms with E-state index in [0.29, 0.717) is 34.1 Å². The van der Waals surface area contributed by atoms with Crippen LogP contribution in [0.5, 0.6) is 0 Å². The van der Waals surface area contributed by atoms with E-state index in [9.17, 15) is 27.6 Å². The average Bonchev–Trinajstić information content (AvgIpc) is 3.76. The van der Waals surface area contributed by atoms with Gasteiger partial charge in [0.2, 0.25) is 0 Å². The zero-order valence-electron chi connectivity index (χ0n) is 27.2. The molecule has 4 aromatic rings. The number of nitrogens with two attached hydrogens (primary N) is 1. The Labute approximate surface area is 272 Å². The van der Waals surface area contributed by atoms with Gasteiger partial charge >= 0.3 is 0 Å². The maximum Gasteiger partial charge on any atom is 0.269 e. The average molecular weight is 651 g/mol. The van der Waals surface area contributed by atoms with Gasteiger partial charge in [-0.15, -0.1) is 0 Å². The number of pyridine rings is 1. The highest BCUT2D eigenvalue weighted by Crippen LogP contribution is 2.30. The summed E-state index contributed by atoms with van der Waals surface area (Å²) in [6, 6.07) is 12.6. The molecule has 1 aliphatic rings. The van der Waals surface area contributed by atoms with Gasteiger partial charge in [-0.05, 0) is 79.8 Å². The fourth-order valence-electron chi connectivity index (χ4n) is 4.72. The van der Waals surface area contributed by atoms with Crippen molar-refractivity contribution in [1.29, 1.82) is 0 Å². The standard InChI is InChI=1S/C21H18F3N3O.C12H17N3O2.C2H6/c1-26-19(9-12-7-14(22)11-15(23)8-12)20-16(3-2-6-27-20)13-4-5-18(24)17(10-13)21(25)28;1-8(2)10-7-11(15(14-10)5-6-16)12(17)13-9-3-4-9;1-2/h2-8,10-11,19,26H,9H2,1H3,(H2,25,28);6-9H,3-5H2,1-2H3,(H,13,17);1-2H3. The van der Waals surface area contributed by atoms with Crippen LogP contribution in [0, 0.1) is 17.5 Å². The minimum Gasteiger partial charge on any atom is -0.366 e. The highest BCUT2D eigenvalue weighted by Gasteiger charge is 2.26. The van der Waals surface area contributed by atoms with Crippen LogP contribution < -0.4 is 16.4 Å². The number of hydrogen-bond acceptors (Lipinski definition) is 6. The van der Waals surface area contributed by atoms with Gasteiger partial charge in [-0.2, -0.15) is 5.10 Å². The number of aromatic nitrogens is 3. The third kappa shape index (κ3) is 10.1. The molecule has 1 unspecified atom stereocenters. The van der Waals surface area contributed by atoms with Crippen LogP contribution in [-0.4, -0.2) is 46.0 Å². The van der Waals surface area contributed by atoms with Gasteiger partial charge in [-0.3, -0.25) is 19.3 Å². The molecule has 0 aliphatic heterocycles. The molecule has 0 spiro atoms. The third-order valence-electron chi connectivity index (χ3n) is 7.21. The van der Waals surface area contributed by atoms with Crippen molar-refractivity contribution in [2.45, 2.75) is 71.5 Å². The summed E-state index contributed by atoms with van der Waals surface area (Å²) in [7, 11) is 1.71. The first-order valence-electron chi connectivity index (χ1n) is 15.5. The van der Waals surface area contributed by atoms with E-state index in [1.54, 1.807) is 31.4 Å². The minimum absolute atomic E-state index is 0.125. The van der Waals surface area contributed by atoms with Gasteiger partial charge in [0, 0.05) is 23.9 Å². The summed E-state index contributed by atoms with van der Waals surface area (Å²) in [6.07, 6.45) is 4.72. The van der Waals surface area contributed by atoms with Crippen LogP contribution in [0.15, 0.2) is 60.8 Å². The van der Waals surface area contributed by atoms with E-state index in [1.807, 2.05) is 27.7 Å². The molecule has 1 aliphatic carbocycles. The van der Waals surface area contributed by atoms with Gasteiger partial charge in [0.25, 0.3) is 11.8 Å². The molecule has 2 heterocycles. The molecule has 1 saturated carbocycles. The molecule has 2 aromatic carbocycles. The fraction of sp³-hybridized carbons (Fsp3) is 0.343. The van der Waals surface area contributed by atoms with Crippen molar-refractivity contribution in [3.05, 3.63) is 106 Å². The van der Waals surface area contributed by atoms with Crippen molar-refractivity contribution in [3.63, 3.8) is 0 Å². The Morgan fingerprint density at radius 2 is 1.72 bits per heavy atom. The van der Waals surface area contributed by atoms with Crippen LogP contribution in [-0.2, 0) is 17.8 Å². The molecule has 0 saturated heterocycles. The lowest BCUT2D eigenvalue weighted by Crippen LogP contribution is -2.28. The van der Waals surface area contributed by atoms with Gasteiger partial charge in [-0.1, -0.05) is 39.8 Å². The molecule has 0 radical (unpaired) electrons. The molecule has 9 nitrogen and oxygen atoms in total. The van der Waals surface area contributed by atoms with Crippen molar-refractivity contribution in [2.75, 3.05) is 7.05 Å². The number of benzene rings is 2. The topological polar surface area (TPSA) is 132 Å². The summed E-state index contributed by atoms with van der Waals surface area (Å²) >= 11 is 0. The highest BCUT2D eigenvalue weighted by molar-refractivity contribution is 5.94. The number of nitrogens with one attached hydrogen (secondary N) is 2. The number of hydrogen-bond donors (Lipinski definition) is 3. The normalized spacial score (nSPS) is 12.7. The first-order chi connectivity index (χ1) is 22.5. The predicted octanol–water partition coefficient (Wildman–Crippen LogP) is 5.89. The predicted molar refractivity (Wildman–Crippen MR) is 174 cm³/mol. The Hall–Kier alpha value is -4.84. The van der Waals surface area contributed by atoms with E-state index in [4.69, 9.17) is 5.73 Å². The summed E-state index contributed by atoms with van der Waals surface area (Å²) in [4.78, 5) is 38.4. The van der Waals surface area contributed by atoms with Crippen LogP contribution in [0.25, 0.3) is 11.1 Å². The molecule has 5 rings (SSSR count). The zero-order chi connectivity index (χ0) is 34.7. The second-order valence-corrected chi connectivity index (χ2v) is 11.0. The van der Waals surface area contributed by atoms with Crippen molar-refractivity contribution in [1.82, 2.24) is 25.4 Å². The number of nitrogens with zero attached hydrogens (tertiary/aromatic N) is 3. The van der Waals surface area contributed by atoms with Gasteiger partial charge < -0.3 is 21.2 Å². The van der Waals surface area contributed by atoms with Crippen molar-refractivity contribution in [3.8, 4) is 11.1 Å². The molecular formula is C35H41F3N6O3. The van der Waals surface area contributed by atoms with Crippen LogP contribution in [0.2, 0.25) is 0 Å². The Morgan fingerprint density at radius 3 is 2.30 bits per heavy atom. The van der Waals surface area contributed by atoms with Crippen molar-refractivity contribution < 1.29 is 27.6 Å². The second kappa shape index (κ2) is 17.2. The molecule has 1 fully saturated rings. The lowest BCUT2D eigenvalue weighted by Gasteiger charge is -2.19. The van der Waals surface area contributed by atoms with E-state index in [1.165, 1.54) is 35.0 Å². The SMILES string of the molecule is CC.CC(C)c1cc(C(=O)NC2CC2)n(CC=O)n1.CNC(Cc1cc(F)cc(F)c1)c1ncccc1-c1ccc(F)c(C(N)=O)c1. The first-order valence-corrected chi connectivity index (χ1v) is 15.5. The lowest BCUT2D eigenvalue weighted by atomic mass is 9.94. The molecule has 2 aromatic heterocycles. The Morgan fingerprint density at radius 1 is 1.04 bits per heavy atom. The summed E-state index contributed by atoms with van der Waals surface area (Å²) < 4.78 is 42.4. The van der Waals surface area contributed by atoms with Crippen LogP contribution in [0.3, 0.4) is 0 Å². The minimum atomic E-state index is -0.870. The Balaban J connectivity index is 0.000000270. The van der Waals surface area contributed by atoms with Gasteiger partial charge in [0.15, 0.2) is 0 Å². The number of amides is 2. The molecule has 4 N–H and O–H groups in total. The Bertz CT molecular complexity index is 1670. The number of primary amides is 1. The number of likely N-dealkylation sites (N-methyl/N-ethyl adjacent to an activating group) is 1. The van der Waals surface area contributed by atoms with Crippen LogP contribution >= 0.6 is 0 Å². The second-order valence-electron chi connectivity index (χ2n) is 11.0. The van der Waals surface area contributed by atoms with E-state index >= 15 is 0 Å². The monoisotopic (exact) mass is 650 g/mol. The molecule has 47 heavy (non-hydrogen) atoms. The first kappa shape index (κ1) is 36.6. The summed E-state index contributed by atoms with van der Waals surface area (Å²) in [6.45, 7) is 8.15. The van der Waals surface area contributed by atoms with Gasteiger partial charge in [-0.25, -0.2) is 13.2 Å². The maximum absolute atomic E-state index is 13.8. The van der Waals surface area contributed by atoms with E-state index in [2.05, 4.69) is 20.7 Å². The van der Waals surface area contributed by atoms with Crippen molar-refractivity contribution in [2.24, 2.45) is 5.73 Å². The summed E-state index contributed by atoms with van der Waals surface area (Å²) in [5.74, 6) is -2.78. The van der Waals surface area contributed by atoms with Gasteiger partial charge in [0.05, 0.1) is 29.5 Å². The van der Waals surface area contributed by atoms with Crippen molar-refractivity contribution >= 4 is 18.1 Å². The largest absolute Gasteiger partial charge is 0.366 e. The summed E-state index contributed by atoms with van der Waals surface area (Å²) in [5, 5.41) is 10.3. The fourth-order valence-corrected chi connectivity index (χ4v) is 4.72. The zero-order valence-corrected chi connectivity index (χ0v) is 27.2. The maximum atomic E-state index is 13.8. The molecule has 1 atom stereocenters. The highest BCUT2D eigenvalue weighted by atomic mass is 19.1. The number of rotatable bonds is 11. The van der Waals surface area contributed by atoms with Crippen LogP contribution in [0.4, 0.5) is 13.2 Å². The smallest absolute Gasteiger partial charge is 0.269 e. The lowest BCUT2D eigenvalue weighted by molar-refractivity contribution is -0.108. The third-order valence-corrected chi connectivity index (χ3v) is 7.21. The summed E-state index contributed by atoms with van der Waals surface area (Å²) in [5.41, 5.74) is 8.61. The molecule has 12 heteroatoms. The van der Waals surface area contributed by atoms with Gasteiger partial charge in [0.1, 0.15) is 29.4 Å². The number of halogens is 3. The van der Waals surface area contributed by atoms with E-state index < -0.39 is 23.4 Å². The van der Waals surface area contributed by atoms with E-state index in [0.717, 1.165) is 30.9 Å². The van der Waals surface area contributed by atoms with E-state index in [-0.39, 0.29) is 36.4 Å².